The minimum atomic E-state index is -0.764. The van der Waals surface area contributed by atoms with Crippen molar-refractivity contribution < 1.29 is 13.5 Å². The van der Waals surface area contributed by atoms with Crippen LogP contribution in [0.25, 0.3) is 0 Å². The Kier molecular flexibility index (Phi) is 7.60. The van der Waals surface area contributed by atoms with Crippen LogP contribution in [0.1, 0.15) is 25.3 Å². The Morgan fingerprint density at radius 1 is 1.16 bits per heavy atom. The number of hydrogen-bond acceptors (Lipinski definition) is 2. The van der Waals surface area contributed by atoms with Crippen molar-refractivity contribution in [1.82, 2.24) is 4.90 Å². The lowest BCUT2D eigenvalue weighted by Crippen LogP contribution is -2.21. The second-order valence-electron chi connectivity index (χ2n) is 4.62. The average Bonchev–Trinajstić information content (AvgIpc) is 2.94. The lowest BCUT2D eigenvalue weighted by atomic mass is 10.1. The van der Waals surface area contributed by atoms with Gasteiger partial charge in [0.1, 0.15) is 0 Å². The fraction of sp³-hybridized carbons (Fsp3) is 0.600. The molecular formula is C15H23F2NO. The van der Waals surface area contributed by atoms with E-state index in [1.807, 2.05) is 6.92 Å². The molecule has 0 aliphatic carbocycles. The number of rotatable bonds is 4. The molecule has 0 bridgehead atoms. The number of methoxy groups -OCH3 is 1. The van der Waals surface area contributed by atoms with Gasteiger partial charge in [0, 0.05) is 20.3 Å². The van der Waals surface area contributed by atoms with E-state index in [-0.39, 0.29) is 0 Å². The Bertz CT molecular complexity index is 363. The highest BCUT2D eigenvalue weighted by molar-refractivity contribution is 5.18. The molecule has 0 radical (unpaired) electrons. The molecule has 0 unspecified atom stereocenters. The van der Waals surface area contributed by atoms with Crippen molar-refractivity contribution in [2.24, 2.45) is 0 Å². The summed E-state index contributed by atoms with van der Waals surface area (Å²) >= 11 is 0. The Morgan fingerprint density at radius 2 is 1.79 bits per heavy atom. The van der Waals surface area contributed by atoms with Crippen LogP contribution in [0, 0.1) is 11.6 Å². The zero-order valence-corrected chi connectivity index (χ0v) is 11.8. The molecule has 0 N–H and O–H groups in total. The first-order chi connectivity index (χ1) is 9.17. The lowest BCUT2D eigenvalue weighted by Gasteiger charge is -2.14. The summed E-state index contributed by atoms with van der Waals surface area (Å²) in [6, 6.07) is 4.16. The van der Waals surface area contributed by atoms with E-state index in [4.69, 9.17) is 0 Å². The van der Waals surface area contributed by atoms with E-state index in [0.717, 1.165) is 38.2 Å². The van der Waals surface area contributed by atoms with E-state index < -0.39 is 11.6 Å². The van der Waals surface area contributed by atoms with Gasteiger partial charge in [0.05, 0.1) is 0 Å². The van der Waals surface area contributed by atoms with Crippen molar-refractivity contribution in [3.8, 4) is 0 Å². The zero-order chi connectivity index (χ0) is 14.1. The maximum atomic E-state index is 12.9. The fourth-order valence-electron chi connectivity index (χ4n) is 1.99. The average molecular weight is 271 g/mol. The van der Waals surface area contributed by atoms with Crippen molar-refractivity contribution in [1.29, 1.82) is 0 Å². The Hall–Kier alpha value is -1.00. The van der Waals surface area contributed by atoms with Crippen LogP contribution in [-0.2, 0) is 11.2 Å². The van der Waals surface area contributed by atoms with Gasteiger partial charge >= 0.3 is 0 Å². The van der Waals surface area contributed by atoms with Crippen molar-refractivity contribution in [3.63, 3.8) is 0 Å². The SMILES string of the molecule is CCOC.Fc1ccc(CCN2CCCC2)cc1F. The van der Waals surface area contributed by atoms with Crippen LogP contribution in [0.5, 0.6) is 0 Å². The van der Waals surface area contributed by atoms with Gasteiger partial charge in [-0.2, -0.15) is 0 Å². The third-order valence-corrected chi connectivity index (χ3v) is 3.19. The predicted molar refractivity (Wildman–Crippen MR) is 73.3 cm³/mol. The van der Waals surface area contributed by atoms with Crippen LogP contribution in [-0.4, -0.2) is 38.3 Å². The van der Waals surface area contributed by atoms with E-state index in [0.29, 0.717) is 0 Å². The van der Waals surface area contributed by atoms with Crippen LogP contribution in [0.15, 0.2) is 18.2 Å². The zero-order valence-electron chi connectivity index (χ0n) is 11.8. The molecule has 19 heavy (non-hydrogen) atoms. The van der Waals surface area contributed by atoms with Gasteiger partial charge in [-0.05, 0) is 57.0 Å². The minimum Gasteiger partial charge on any atom is -0.385 e. The summed E-state index contributed by atoms with van der Waals surface area (Å²) in [6.07, 6.45) is 3.33. The van der Waals surface area contributed by atoms with Crippen LogP contribution in [0.3, 0.4) is 0 Å². The second kappa shape index (κ2) is 8.99. The van der Waals surface area contributed by atoms with E-state index in [1.54, 1.807) is 13.2 Å². The first kappa shape index (κ1) is 16.1. The third kappa shape index (κ3) is 6.12. The van der Waals surface area contributed by atoms with Gasteiger partial charge in [-0.3, -0.25) is 0 Å². The number of nitrogens with zero attached hydrogens (tertiary/aromatic N) is 1. The third-order valence-electron chi connectivity index (χ3n) is 3.19. The molecule has 1 saturated heterocycles. The van der Waals surface area contributed by atoms with Gasteiger partial charge < -0.3 is 9.64 Å². The molecule has 0 saturated carbocycles. The van der Waals surface area contributed by atoms with Crippen LogP contribution < -0.4 is 0 Å². The normalized spacial score (nSPS) is 15.2. The summed E-state index contributed by atoms with van der Waals surface area (Å²) in [7, 11) is 1.68. The fourth-order valence-corrected chi connectivity index (χ4v) is 1.99. The number of benzene rings is 1. The quantitative estimate of drug-likeness (QED) is 0.833. The Balaban J connectivity index is 0.000000399. The van der Waals surface area contributed by atoms with Gasteiger partial charge in [0.25, 0.3) is 0 Å². The maximum absolute atomic E-state index is 12.9. The number of hydrogen-bond donors (Lipinski definition) is 0. The van der Waals surface area contributed by atoms with Crippen molar-refractivity contribution in [3.05, 3.63) is 35.4 Å². The van der Waals surface area contributed by atoms with E-state index in [2.05, 4.69) is 9.64 Å². The van der Waals surface area contributed by atoms with Gasteiger partial charge in [0.15, 0.2) is 11.6 Å². The van der Waals surface area contributed by atoms with E-state index in [1.165, 1.54) is 25.0 Å². The highest BCUT2D eigenvalue weighted by Gasteiger charge is 2.11. The van der Waals surface area contributed by atoms with Gasteiger partial charge in [-0.1, -0.05) is 6.07 Å². The first-order valence-corrected chi connectivity index (χ1v) is 6.82. The molecule has 1 heterocycles. The van der Waals surface area contributed by atoms with Gasteiger partial charge in [-0.15, -0.1) is 0 Å². The minimum absolute atomic E-state index is 0.742. The summed E-state index contributed by atoms with van der Waals surface area (Å²) in [5.41, 5.74) is 0.876. The molecular weight excluding hydrogens is 248 g/mol. The van der Waals surface area contributed by atoms with Gasteiger partial charge in [-0.25, -0.2) is 8.78 Å². The summed E-state index contributed by atoms with van der Waals surface area (Å²) < 4.78 is 30.1. The largest absolute Gasteiger partial charge is 0.385 e. The summed E-state index contributed by atoms with van der Waals surface area (Å²) in [4.78, 5) is 2.36. The van der Waals surface area contributed by atoms with E-state index in [9.17, 15) is 8.78 Å². The monoisotopic (exact) mass is 271 g/mol. The van der Waals surface area contributed by atoms with Crippen LogP contribution in [0.4, 0.5) is 8.78 Å². The molecule has 1 aromatic carbocycles. The second-order valence-corrected chi connectivity index (χ2v) is 4.62. The molecule has 0 atom stereocenters. The molecule has 4 heteroatoms. The number of likely N-dealkylation sites (tertiary alicyclic amines) is 1. The predicted octanol–water partition coefficient (Wildman–Crippen LogP) is 3.26. The summed E-state index contributed by atoms with van der Waals surface area (Å²) in [6.45, 7) is 6.01. The maximum Gasteiger partial charge on any atom is 0.159 e. The molecule has 0 aromatic heterocycles. The number of halogens is 2. The molecule has 0 spiro atoms. The van der Waals surface area contributed by atoms with Crippen molar-refractivity contribution in [2.75, 3.05) is 33.4 Å². The highest BCUT2D eigenvalue weighted by atomic mass is 19.2. The lowest BCUT2D eigenvalue weighted by molar-refractivity contribution is 0.215. The van der Waals surface area contributed by atoms with Gasteiger partial charge in [0.2, 0.25) is 0 Å². The van der Waals surface area contributed by atoms with Crippen molar-refractivity contribution >= 4 is 0 Å². The molecule has 0 amide bonds. The molecule has 1 aliphatic heterocycles. The summed E-state index contributed by atoms with van der Waals surface area (Å²) in [5.74, 6) is -1.51. The van der Waals surface area contributed by atoms with Crippen molar-refractivity contribution in [2.45, 2.75) is 26.2 Å². The smallest absolute Gasteiger partial charge is 0.159 e. The molecule has 1 aromatic rings. The highest BCUT2D eigenvalue weighted by Crippen LogP contribution is 2.12. The topological polar surface area (TPSA) is 12.5 Å². The standard InChI is InChI=1S/C12H15F2N.C3H8O/c13-11-4-3-10(9-12(11)14)5-8-15-6-1-2-7-15;1-3-4-2/h3-4,9H,1-2,5-8H2;3H2,1-2H3. The molecule has 1 fully saturated rings. The molecule has 2 rings (SSSR count). The Labute approximate surface area is 114 Å². The van der Waals surface area contributed by atoms with E-state index >= 15 is 0 Å². The summed E-state index contributed by atoms with van der Waals surface area (Å²) in [5, 5.41) is 0. The molecule has 1 aliphatic rings. The Morgan fingerprint density at radius 3 is 2.32 bits per heavy atom. The van der Waals surface area contributed by atoms with Crippen LogP contribution in [0.2, 0.25) is 0 Å². The van der Waals surface area contributed by atoms with Crippen LogP contribution >= 0.6 is 0 Å². The number of ether oxygens (including phenoxy) is 1. The first-order valence-electron chi connectivity index (χ1n) is 6.82. The molecule has 108 valence electrons. The molecule has 2 nitrogen and oxygen atoms in total.